The van der Waals surface area contributed by atoms with Crippen molar-refractivity contribution in [3.8, 4) is 11.5 Å². The van der Waals surface area contributed by atoms with Gasteiger partial charge >= 0.3 is 0 Å². The van der Waals surface area contributed by atoms with E-state index >= 15 is 0 Å². The monoisotopic (exact) mass is 410 g/mol. The van der Waals surface area contributed by atoms with Gasteiger partial charge in [0.2, 0.25) is 15.9 Å². The Morgan fingerprint density at radius 2 is 1.59 bits per heavy atom. The Hall–Kier alpha value is -3.32. The van der Waals surface area contributed by atoms with Crippen LogP contribution in [0.25, 0.3) is 0 Å². The molecule has 0 spiro atoms. The molecule has 0 unspecified atom stereocenters. The lowest BCUT2D eigenvalue weighted by atomic mass is 10.2. The van der Waals surface area contributed by atoms with Crippen molar-refractivity contribution >= 4 is 27.3 Å². The van der Waals surface area contributed by atoms with Crippen LogP contribution in [0, 0.1) is 6.92 Å². The molecule has 0 bridgehead atoms. The maximum atomic E-state index is 12.5. The highest BCUT2D eigenvalue weighted by molar-refractivity contribution is 7.92. The average molecular weight is 410 g/mol. The summed E-state index contributed by atoms with van der Waals surface area (Å²) in [6.45, 7) is 1.55. The number of hydrogen-bond acceptors (Lipinski definition) is 4. The second-order valence-electron chi connectivity index (χ2n) is 6.60. The smallest absolute Gasteiger partial charge is 0.245 e. The van der Waals surface area contributed by atoms with E-state index in [9.17, 15) is 13.2 Å². The first-order valence-electron chi connectivity index (χ1n) is 8.98. The number of sulfonamides is 1. The largest absolute Gasteiger partial charge is 0.457 e. The SMILES string of the molecule is Cc1cccc(N(CC(=O)Nc2ccc(Oc3ccccc3)cc2)S(C)(=O)=O)c1. The van der Waals surface area contributed by atoms with Gasteiger partial charge in [-0.3, -0.25) is 9.10 Å². The summed E-state index contributed by atoms with van der Waals surface area (Å²) in [5.41, 5.74) is 1.91. The third-order valence-electron chi connectivity index (χ3n) is 4.09. The summed E-state index contributed by atoms with van der Waals surface area (Å²) in [4.78, 5) is 12.5. The van der Waals surface area contributed by atoms with E-state index in [-0.39, 0.29) is 6.54 Å². The Balaban J connectivity index is 1.67. The lowest BCUT2D eigenvalue weighted by Crippen LogP contribution is -2.37. The molecule has 0 aliphatic heterocycles. The highest BCUT2D eigenvalue weighted by atomic mass is 32.2. The number of benzene rings is 3. The topological polar surface area (TPSA) is 75.7 Å². The minimum Gasteiger partial charge on any atom is -0.457 e. The van der Waals surface area contributed by atoms with Gasteiger partial charge in [0, 0.05) is 5.69 Å². The Morgan fingerprint density at radius 1 is 0.931 bits per heavy atom. The lowest BCUT2D eigenvalue weighted by Gasteiger charge is -2.22. The van der Waals surface area contributed by atoms with Crippen LogP contribution in [0.5, 0.6) is 11.5 Å². The van der Waals surface area contributed by atoms with Crippen molar-refractivity contribution in [3.63, 3.8) is 0 Å². The van der Waals surface area contributed by atoms with E-state index in [2.05, 4.69) is 5.32 Å². The molecule has 0 heterocycles. The number of para-hydroxylation sites is 1. The third kappa shape index (κ3) is 5.83. The molecule has 0 radical (unpaired) electrons. The highest BCUT2D eigenvalue weighted by Gasteiger charge is 2.21. The number of carbonyl (C=O) groups excluding carboxylic acids is 1. The van der Waals surface area contributed by atoms with Crippen LogP contribution in [-0.4, -0.2) is 27.1 Å². The van der Waals surface area contributed by atoms with Crippen molar-refractivity contribution in [2.45, 2.75) is 6.92 Å². The van der Waals surface area contributed by atoms with Gasteiger partial charge in [0.1, 0.15) is 18.0 Å². The molecule has 0 aliphatic carbocycles. The van der Waals surface area contributed by atoms with Crippen LogP contribution in [0.1, 0.15) is 5.56 Å². The van der Waals surface area contributed by atoms with Gasteiger partial charge in [0.15, 0.2) is 0 Å². The van der Waals surface area contributed by atoms with Crippen LogP contribution in [0.15, 0.2) is 78.9 Å². The van der Waals surface area contributed by atoms with Crippen molar-refractivity contribution < 1.29 is 17.9 Å². The number of nitrogens with zero attached hydrogens (tertiary/aromatic N) is 1. The number of amides is 1. The van der Waals surface area contributed by atoms with Crippen LogP contribution in [0.4, 0.5) is 11.4 Å². The van der Waals surface area contributed by atoms with E-state index in [1.54, 1.807) is 42.5 Å². The molecule has 6 nitrogen and oxygen atoms in total. The van der Waals surface area contributed by atoms with E-state index < -0.39 is 15.9 Å². The summed E-state index contributed by atoms with van der Waals surface area (Å²) < 4.78 is 31.2. The van der Waals surface area contributed by atoms with Gasteiger partial charge in [-0.2, -0.15) is 0 Å². The Kier molecular flexibility index (Phi) is 6.19. The van der Waals surface area contributed by atoms with Gasteiger partial charge < -0.3 is 10.1 Å². The predicted octanol–water partition coefficient (Wildman–Crippen LogP) is 4.19. The lowest BCUT2D eigenvalue weighted by molar-refractivity contribution is -0.114. The molecule has 0 fully saturated rings. The summed E-state index contributed by atoms with van der Waals surface area (Å²) in [6.07, 6.45) is 1.08. The zero-order valence-electron chi connectivity index (χ0n) is 16.2. The van der Waals surface area contributed by atoms with Crippen LogP contribution >= 0.6 is 0 Å². The Morgan fingerprint density at radius 3 is 2.21 bits per heavy atom. The normalized spacial score (nSPS) is 11.0. The Bertz CT molecular complexity index is 1080. The second kappa shape index (κ2) is 8.79. The highest BCUT2D eigenvalue weighted by Crippen LogP contribution is 2.23. The summed E-state index contributed by atoms with van der Waals surface area (Å²) in [6, 6.07) is 23.2. The first kappa shape index (κ1) is 20.4. The number of carbonyl (C=O) groups is 1. The standard InChI is InChI=1S/C22H22N2O4S/c1-17-7-6-8-19(15-17)24(29(2,26)27)16-22(25)23-18-11-13-21(14-12-18)28-20-9-4-3-5-10-20/h3-15H,16H2,1-2H3,(H,23,25). The molecule has 0 atom stereocenters. The fraction of sp³-hybridized carbons (Fsp3) is 0.136. The molecule has 1 N–H and O–H groups in total. The van der Waals surface area contributed by atoms with Gasteiger partial charge in [-0.15, -0.1) is 0 Å². The van der Waals surface area contributed by atoms with Crippen molar-refractivity contribution in [2.24, 2.45) is 0 Å². The summed E-state index contributed by atoms with van der Waals surface area (Å²) >= 11 is 0. The van der Waals surface area contributed by atoms with E-state index in [1.807, 2.05) is 43.3 Å². The minimum absolute atomic E-state index is 0.315. The molecule has 3 rings (SSSR count). The van der Waals surface area contributed by atoms with E-state index in [1.165, 1.54) is 0 Å². The number of rotatable bonds is 7. The summed E-state index contributed by atoms with van der Waals surface area (Å²) in [7, 11) is -3.61. The molecule has 7 heteroatoms. The van der Waals surface area contributed by atoms with E-state index in [4.69, 9.17) is 4.74 Å². The second-order valence-corrected chi connectivity index (χ2v) is 8.50. The third-order valence-corrected chi connectivity index (χ3v) is 5.23. The molecule has 1 amide bonds. The number of ether oxygens (including phenoxy) is 1. The van der Waals surface area contributed by atoms with Gasteiger partial charge in [0.25, 0.3) is 0 Å². The molecule has 0 saturated heterocycles. The Labute approximate surface area is 170 Å². The maximum absolute atomic E-state index is 12.5. The van der Waals surface area contributed by atoms with E-state index in [0.717, 1.165) is 16.1 Å². The zero-order valence-corrected chi connectivity index (χ0v) is 17.0. The molecule has 0 aromatic heterocycles. The molecule has 3 aromatic carbocycles. The number of hydrogen-bond donors (Lipinski definition) is 1. The predicted molar refractivity (Wildman–Crippen MR) is 115 cm³/mol. The van der Waals surface area contributed by atoms with E-state index in [0.29, 0.717) is 22.9 Å². The van der Waals surface area contributed by atoms with Crippen molar-refractivity contribution in [2.75, 3.05) is 22.4 Å². The molecule has 150 valence electrons. The van der Waals surface area contributed by atoms with Crippen molar-refractivity contribution in [1.82, 2.24) is 0 Å². The molecular formula is C22H22N2O4S. The minimum atomic E-state index is -3.61. The average Bonchev–Trinajstić information content (AvgIpc) is 2.68. The van der Waals surface area contributed by atoms with Gasteiger partial charge in [-0.05, 0) is 61.0 Å². The van der Waals surface area contributed by atoms with Crippen LogP contribution in [-0.2, 0) is 14.8 Å². The van der Waals surface area contributed by atoms with Crippen molar-refractivity contribution in [1.29, 1.82) is 0 Å². The van der Waals surface area contributed by atoms with Crippen LogP contribution in [0.3, 0.4) is 0 Å². The molecule has 0 saturated carbocycles. The zero-order chi connectivity index (χ0) is 20.9. The summed E-state index contributed by atoms with van der Waals surface area (Å²) in [5.74, 6) is 0.909. The molecular weight excluding hydrogens is 388 g/mol. The quantitative estimate of drug-likeness (QED) is 0.634. The molecule has 0 aliphatic rings. The van der Waals surface area contributed by atoms with Gasteiger partial charge in [0.05, 0.1) is 11.9 Å². The number of anilines is 2. The maximum Gasteiger partial charge on any atom is 0.245 e. The fourth-order valence-corrected chi connectivity index (χ4v) is 3.59. The van der Waals surface area contributed by atoms with Crippen molar-refractivity contribution in [3.05, 3.63) is 84.4 Å². The first-order chi connectivity index (χ1) is 13.8. The van der Waals surface area contributed by atoms with Crippen LogP contribution < -0.4 is 14.4 Å². The van der Waals surface area contributed by atoms with Crippen LogP contribution in [0.2, 0.25) is 0 Å². The summed E-state index contributed by atoms with van der Waals surface area (Å²) in [5, 5.41) is 2.72. The van der Waals surface area contributed by atoms with Gasteiger partial charge in [-0.25, -0.2) is 8.42 Å². The number of aryl methyl sites for hydroxylation is 1. The molecule has 3 aromatic rings. The molecule has 29 heavy (non-hydrogen) atoms. The van der Waals surface area contributed by atoms with Gasteiger partial charge in [-0.1, -0.05) is 30.3 Å². The first-order valence-corrected chi connectivity index (χ1v) is 10.8. The number of nitrogens with one attached hydrogen (secondary N) is 1. The fourth-order valence-electron chi connectivity index (χ4n) is 2.74.